The Morgan fingerprint density at radius 3 is 2.76 bits per heavy atom. The van der Waals surface area contributed by atoms with E-state index < -0.39 is 6.10 Å². The molecule has 4 heteroatoms. The predicted octanol–water partition coefficient (Wildman–Crippen LogP) is 3.32. The molecule has 2 atom stereocenters. The molecular weight excluding hydrogens is 268 g/mol. The van der Waals surface area contributed by atoms with Crippen LogP contribution in [0.1, 0.15) is 71.1 Å². The molecule has 0 unspecified atom stereocenters. The van der Waals surface area contributed by atoms with Crippen LogP contribution < -0.4 is 0 Å². The normalized spacial score (nSPS) is 19.3. The first-order chi connectivity index (χ1) is 10.1. The van der Waals surface area contributed by atoms with E-state index in [0.29, 0.717) is 19.3 Å². The number of ketones is 1. The number of carbonyl (C=O) groups is 2. The molecule has 1 N–H and O–H groups in total. The molecule has 1 aliphatic rings. The summed E-state index contributed by atoms with van der Waals surface area (Å²) in [6.45, 7) is 2.18. The van der Waals surface area contributed by atoms with Gasteiger partial charge >= 0.3 is 5.97 Å². The number of rotatable bonds is 11. The second-order valence-electron chi connectivity index (χ2n) is 5.85. The fraction of sp³-hybridized carbons (Fsp3) is 0.765. The largest absolute Gasteiger partial charge is 0.459 e. The summed E-state index contributed by atoms with van der Waals surface area (Å²) in [5.41, 5.74) is 0. The van der Waals surface area contributed by atoms with E-state index in [2.05, 4.69) is 6.92 Å². The quantitative estimate of drug-likeness (QED) is 0.469. The maximum atomic E-state index is 11.8. The van der Waals surface area contributed by atoms with Gasteiger partial charge in [-0.05, 0) is 6.42 Å². The van der Waals surface area contributed by atoms with Gasteiger partial charge in [0.15, 0.2) is 0 Å². The highest BCUT2D eigenvalue weighted by molar-refractivity contribution is 5.82. The fourth-order valence-corrected chi connectivity index (χ4v) is 2.57. The van der Waals surface area contributed by atoms with E-state index in [1.165, 1.54) is 31.8 Å². The Morgan fingerprint density at radius 2 is 2.05 bits per heavy atom. The highest BCUT2D eigenvalue weighted by Crippen LogP contribution is 2.16. The van der Waals surface area contributed by atoms with Gasteiger partial charge in [0.1, 0.15) is 11.9 Å². The third-order valence-corrected chi connectivity index (χ3v) is 3.74. The number of esters is 1. The number of ether oxygens (including phenoxy) is 1. The first kappa shape index (κ1) is 17.9. The van der Waals surface area contributed by atoms with E-state index >= 15 is 0 Å². The van der Waals surface area contributed by atoms with Crippen molar-refractivity contribution in [3.05, 3.63) is 12.2 Å². The third kappa shape index (κ3) is 8.66. The highest BCUT2D eigenvalue weighted by Gasteiger charge is 2.21. The van der Waals surface area contributed by atoms with Crippen molar-refractivity contribution in [1.29, 1.82) is 0 Å². The van der Waals surface area contributed by atoms with Crippen LogP contribution in [-0.4, -0.2) is 29.1 Å². The van der Waals surface area contributed by atoms with Crippen LogP contribution in [0.4, 0.5) is 0 Å². The van der Waals surface area contributed by atoms with E-state index in [4.69, 9.17) is 4.74 Å². The summed E-state index contributed by atoms with van der Waals surface area (Å²) in [6, 6.07) is 0. The molecule has 0 saturated heterocycles. The lowest BCUT2D eigenvalue weighted by atomic mass is 10.00. The van der Waals surface area contributed by atoms with Crippen molar-refractivity contribution in [2.75, 3.05) is 0 Å². The van der Waals surface area contributed by atoms with Crippen molar-refractivity contribution < 1.29 is 19.4 Å². The third-order valence-electron chi connectivity index (χ3n) is 3.74. The van der Waals surface area contributed by atoms with Crippen LogP contribution in [0.15, 0.2) is 12.2 Å². The van der Waals surface area contributed by atoms with Crippen LogP contribution in [0.25, 0.3) is 0 Å². The zero-order valence-electron chi connectivity index (χ0n) is 13.1. The maximum absolute atomic E-state index is 11.8. The van der Waals surface area contributed by atoms with Gasteiger partial charge in [0.05, 0.1) is 6.10 Å². The molecule has 0 aromatic rings. The molecule has 120 valence electrons. The van der Waals surface area contributed by atoms with E-state index in [1.807, 2.05) is 0 Å². The number of hydrogen-bond donors (Lipinski definition) is 1. The molecule has 1 rings (SSSR count). The second-order valence-corrected chi connectivity index (χ2v) is 5.85. The molecule has 0 aliphatic carbocycles. The van der Waals surface area contributed by atoms with Crippen molar-refractivity contribution in [2.24, 2.45) is 0 Å². The fourth-order valence-electron chi connectivity index (χ4n) is 2.57. The van der Waals surface area contributed by atoms with Gasteiger partial charge in [0.25, 0.3) is 0 Å². The van der Waals surface area contributed by atoms with Gasteiger partial charge < -0.3 is 9.84 Å². The van der Waals surface area contributed by atoms with Crippen LogP contribution in [0.2, 0.25) is 0 Å². The average Bonchev–Trinajstić information content (AvgIpc) is 2.42. The van der Waals surface area contributed by atoms with E-state index in [-0.39, 0.29) is 24.3 Å². The average molecular weight is 296 g/mol. The number of unbranched alkanes of at least 4 members (excludes halogenated alkanes) is 5. The van der Waals surface area contributed by atoms with Gasteiger partial charge in [-0.1, -0.05) is 45.1 Å². The Balaban J connectivity index is 2.07. The molecule has 0 aromatic carbocycles. The summed E-state index contributed by atoms with van der Waals surface area (Å²) in [5.74, 6) is -0.257. The number of aliphatic hydroxyl groups excluding tert-OH is 1. The lowest BCUT2D eigenvalue weighted by molar-refractivity contribution is -0.145. The number of hydrogen-bond acceptors (Lipinski definition) is 4. The van der Waals surface area contributed by atoms with Gasteiger partial charge in [-0.3, -0.25) is 4.79 Å². The Hall–Kier alpha value is -1.16. The zero-order valence-corrected chi connectivity index (χ0v) is 13.1. The number of aliphatic hydroxyl groups is 1. The molecule has 0 amide bonds. The van der Waals surface area contributed by atoms with Crippen molar-refractivity contribution in [2.45, 2.75) is 83.3 Å². The van der Waals surface area contributed by atoms with Crippen LogP contribution in [0.3, 0.4) is 0 Å². The lowest BCUT2D eigenvalue weighted by Gasteiger charge is -2.21. The van der Waals surface area contributed by atoms with E-state index in [0.717, 1.165) is 12.8 Å². The molecule has 1 aliphatic heterocycles. The lowest BCUT2D eigenvalue weighted by Crippen LogP contribution is -2.26. The smallest absolute Gasteiger partial charge is 0.330 e. The molecule has 21 heavy (non-hydrogen) atoms. The van der Waals surface area contributed by atoms with Gasteiger partial charge in [-0.2, -0.15) is 0 Å². The highest BCUT2D eigenvalue weighted by atomic mass is 16.5. The standard InChI is InChI=1S/C17H28O4/c1-2-3-4-5-6-7-9-14(18)12-15(19)13-16-10-8-11-17(20)21-16/h8,11,15-16,19H,2-7,9-10,12-13H2,1H3/t15-,16-/m1/s1. The summed E-state index contributed by atoms with van der Waals surface area (Å²) in [7, 11) is 0. The van der Waals surface area contributed by atoms with E-state index in [9.17, 15) is 14.7 Å². The Bertz CT molecular complexity index is 349. The Morgan fingerprint density at radius 1 is 1.33 bits per heavy atom. The van der Waals surface area contributed by atoms with Crippen LogP contribution in [0.5, 0.6) is 0 Å². The number of carbonyl (C=O) groups excluding carboxylic acids is 2. The molecule has 0 fully saturated rings. The molecule has 1 heterocycles. The molecule has 0 aromatic heterocycles. The van der Waals surface area contributed by atoms with Crippen molar-refractivity contribution in [3.8, 4) is 0 Å². The SMILES string of the molecule is CCCCCCCCC(=O)C[C@@H](O)C[C@H]1CC=CC(=O)O1. The first-order valence-corrected chi connectivity index (χ1v) is 8.18. The van der Waals surface area contributed by atoms with Gasteiger partial charge in [0, 0.05) is 31.8 Å². The second kappa shape index (κ2) is 10.6. The summed E-state index contributed by atoms with van der Waals surface area (Å²) < 4.78 is 5.08. The van der Waals surface area contributed by atoms with Gasteiger partial charge in [0.2, 0.25) is 0 Å². The zero-order chi connectivity index (χ0) is 15.5. The molecule has 0 radical (unpaired) electrons. The molecule has 0 spiro atoms. The summed E-state index contributed by atoms with van der Waals surface area (Å²) >= 11 is 0. The van der Waals surface area contributed by atoms with Gasteiger partial charge in [-0.25, -0.2) is 4.79 Å². The molecule has 4 nitrogen and oxygen atoms in total. The monoisotopic (exact) mass is 296 g/mol. The topological polar surface area (TPSA) is 63.6 Å². The molecular formula is C17H28O4. The van der Waals surface area contributed by atoms with Crippen molar-refractivity contribution >= 4 is 11.8 Å². The first-order valence-electron chi connectivity index (χ1n) is 8.18. The van der Waals surface area contributed by atoms with E-state index in [1.54, 1.807) is 6.08 Å². The Labute approximate surface area is 127 Å². The minimum atomic E-state index is -0.707. The van der Waals surface area contributed by atoms with Gasteiger partial charge in [-0.15, -0.1) is 0 Å². The minimum absolute atomic E-state index is 0.107. The van der Waals surface area contributed by atoms with Crippen molar-refractivity contribution in [1.82, 2.24) is 0 Å². The van der Waals surface area contributed by atoms with Crippen LogP contribution in [0, 0.1) is 0 Å². The molecule has 0 saturated carbocycles. The van der Waals surface area contributed by atoms with Crippen LogP contribution in [-0.2, 0) is 14.3 Å². The number of Topliss-reactive ketones (excluding diaryl/α,β-unsaturated/α-hetero) is 1. The maximum Gasteiger partial charge on any atom is 0.330 e. The predicted molar refractivity (Wildman–Crippen MR) is 81.9 cm³/mol. The molecule has 0 bridgehead atoms. The van der Waals surface area contributed by atoms with Crippen LogP contribution >= 0.6 is 0 Å². The number of cyclic esters (lactones) is 1. The summed E-state index contributed by atoms with van der Waals surface area (Å²) in [6.07, 6.45) is 10.8. The summed E-state index contributed by atoms with van der Waals surface area (Å²) in [5, 5.41) is 9.89. The minimum Gasteiger partial charge on any atom is -0.459 e. The summed E-state index contributed by atoms with van der Waals surface area (Å²) in [4.78, 5) is 22.8. The Kier molecular flexibility index (Phi) is 8.99. The van der Waals surface area contributed by atoms with Crippen molar-refractivity contribution in [3.63, 3.8) is 0 Å².